The van der Waals surface area contributed by atoms with Crippen molar-refractivity contribution in [2.24, 2.45) is 10.9 Å². The minimum atomic E-state index is 0. The summed E-state index contributed by atoms with van der Waals surface area (Å²) in [5.41, 5.74) is 0. The Morgan fingerprint density at radius 3 is 2.62 bits per heavy atom. The molecule has 2 aliphatic rings. The van der Waals surface area contributed by atoms with Gasteiger partial charge in [-0.15, -0.1) is 24.0 Å². The average molecular weight is 479 g/mol. The Morgan fingerprint density at radius 2 is 1.92 bits per heavy atom. The number of rotatable bonds is 7. The van der Waals surface area contributed by atoms with E-state index in [1.807, 2.05) is 7.05 Å². The van der Waals surface area contributed by atoms with Gasteiger partial charge in [0.25, 0.3) is 0 Å². The zero-order valence-corrected chi connectivity index (χ0v) is 19.8. The summed E-state index contributed by atoms with van der Waals surface area (Å²) < 4.78 is 0. The molecule has 2 aliphatic heterocycles. The van der Waals surface area contributed by atoms with Crippen molar-refractivity contribution in [2.45, 2.75) is 71.4 Å². The van der Waals surface area contributed by atoms with Gasteiger partial charge in [0.15, 0.2) is 5.96 Å². The number of hydrogen-bond acceptors (Lipinski definition) is 3. The molecule has 0 aromatic rings. The average Bonchev–Trinajstić information content (AvgIpc) is 2.62. The van der Waals surface area contributed by atoms with E-state index in [1.165, 1.54) is 64.7 Å². The molecule has 0 radical (unpaired) electrons. The molecule has 0 amide bonds. The van der Waals surface area contributed by atoms with Crippen LogP contribution in [-0.4, -0.2) is 74.2 Å². The van der Waals surface area contributed by atoms with Crippen LogP contribution in [-0.2, 0) is 0 Å². The van der Waals surface area contributed by atoms with E-state index in [9.17, 15) is 0 Å². The standard InChI is InChI=1S/C20H41N5.HI/c1-17(2)25-13-7-10-19(16-25)15-23-20(21-4)22-11-8-14-24-12-6-5-9-18(24)3;/h17-19H,5-16H2,1-4H3,(H2,21,22,23);1H. The van der Waals surface area contributed by atoms with Gasteiger partial charge in [0, 0.05) is 45.3 Å². The largest absolute Gasteiger partial charge is 0.356 e. The maximum absolute atomic E-state index is 4.39. The number of halogens is 1. The van der Waals surface area contributed by atoms with E-state index in [0.717, 1.165) is 31.0 Å². The Labute approximate surface area is 178 Å². The number of aliphatic imine (C=N–C) groups is 1. The predicted octanol–water partition coefficient (Wildman–Crippen LogP) is 3.15. The molecular formula is C20H42IN5. The van der Waals surface area contributed by atoms with Gasteiger partial charge in [0.2, 0.25) is 0 Å². The maximum atomic E-state index is 4.39. The Balaban J connectivity index is 0.00000338. The van der Waals surface area contributed by atoms with Gasteiger partial charge in [-0.25, -0.2) is 0 Å². The van der Waals surface area contributed by atoms with Gasteiger partial charge in [-0.2, -0.15) is 0 Å². The summed E-state index contributed by atoms with van der Waals surface area (Å²) in [7, 11) is 1.88. The summed E-state index contributed by atoms with van der Waals surface area (Å²) in [6.45, 7) is 14.0. The monoisotopic (exact) mass is 479 g/mol. The third-order valence-electron chi connectivity index (χ3n) is 5.92. The van der Waals surface area contributed by atoms with Crippen molar-refractivity contribution in [3.63, 3.8) is 0 Å². The van der Waals surface area contributed by atoms with E-state index in [4.69, 9.17) is 0 Å². The number of guanidine groups is 1. The number of hydrogen-bond donors (Lipinski definition) is 2. The second-order valence-corrected chi connectivity index (χ2v) is 8.21. The van der Waals surface area contributed by atoms with E-state index in [0.29, 0.717) is 6.04 Å². The van der Waals surface area contributed by atoms with Crippen molar-refractivity contribution in [3.05, 3.63) is 0 Å². The van der Waals surface area contributed by atoms with Crippen LogP contribution in [0.4, 0.5) is 0 Å². The highest BCUT2D eigenvalue weighted by Crippen LogP contribution is 2.18. The minimum absolute atomic E-state index is 0. The fourth-order valence-corrected chi connectivity index (χ4v) is 4.17. The third-order valence-corrected chi connectivity index (χ3v) is 5.92. The van der Waals surface area contributed by atoms with Gasteiger partial charge in [-0.1, -0.05) is 6.42 Å². The van der Waals surface area contributed by atoms with Crippen LogP contribution in [0, 0.1) is 5.92 Å². The molecule has 0 aromatic heterocycles. The number of nitrogens with one attached hydrogen (secondary N) is 2. The van der Waals surface area contributed by atoms with Crippen molar-refractivity contribution >= 4 is 29.9 Å². The van der Waals surface area contributed by atoms with E-state index < -0.39 is 0 Å². The Kier molecular flexibility index (Phi) is 12.1. The van der Waals surface area contributed by atoms with E-state index >= 15 is 0 Å². The van der Waals surface area contributed by atoms with Gasteiger partial charge in [0.05, 0.1) is 0 Å². The van der Waals surface area contributed by atoms with Crippen LogP contribution in [0.5, 0.6) is 0 Å². The van der Waals surface area contributed by atoms with Gasteiger partial charge in [-0.3, -0.25) is 4.99 Å². The number of likely N-dealkylation sites (tertiary alicyclic amines) is 2. The zero-order chi connectivity index (χ0) is 18.1. The topological polar surface area (TPSA) is 42.9 Å². The van der Waals surface area contributed by atoms with Gasteiger partial charge in [0.1, 0.15) is 0 Å². The minimum Gasteiger partial charge on any atom is -0.356 e. The van der Waals surface area contributed by atoms with Crippen LogP contribution in [0.1, 0.15) is 59.3 Å². The van der Waals surface area contributed by atoms with Crippen LogP contribution in [0.15, 0.2) is 4.99 Å². The van der Waals surface area contributed by atoms with Crippen LogP contribution < -0.4 is 10.6 Å². The Morgan fingerprint density at radius 1 is 1.12 bits per heavy atom. The molecule has 2 atom stereocenters. The van der Waals surface area contributed by atoms with Crippen molar-refractivity contribution in [2.75, 3.05) is 46.3 Å². The smallest absolute Gasteiger partial charge is 0.190 e. The number of nitrogens with zero attached hydrogens (tertiary/aromatic N) is 3. The maximum Gasteiger partial charge on any atom is 0.190 e. The molecule has 0 spiro atoms. The number of piperidine rings is 2. The summed E-state index contributed by atoms with van der Waals surface area (Å²) in [5.74, 6) is 1.71. The molecule has 6 heteroatoms. The second-order valence-electron chi connectivity index (χ2n) is 8.21. The highest BCUT2D eigenvalue weighted by atomic mass is 127. The molecular weight excluding hydrogens is 437 g/mol. The van der Waals surface area contributed by atoms with E-state index in [-0.39, 0.29) is 24.0 Å². The van der Waals surface area contributed by atoms with Gasteiger partial charge in [-0.05, 0) is 71.9 Å². The van der Waals surface area contributed by atoms with Crippen LogP contribution in [0.3, 0.4) is 0 Å². The lowest BCUT2D eigenvalue weighted by molar-refractivity contribution is 0.141. The lowest BCUT2D eigenvalue weighted by Gasteiger charge is -2.35. The Hall–Kier alpha value is -0.0800. The molecule has 0 aliphatic carbocycles. The summed E-state index contributed by atoms with van der Waals surface area (Å²) in [4.78, 5) is 9.64. The first kappa shape index (κ1) is 24.0. The molecule has 0 saturated carbocycles. The van der Waals surface area contributed by atoms with Crippen molar-refractivity contribution in [1.29, 1.82) is 0 Å². The fraction of sp³-hybridized carbons (Fsp3) is 0.950. The summed E-state index contributed by atoms with van der Waals surface area (Å²) in [5, 5.41) is 7.04. The molecule has 2 saturated heterocycles. The van der Waals surface area contributed by atoms with Crippen molar-refractivity contribution < 1.29 is 0 Å². The second kappa shape index (κ2) is 13.2. The van der Waals surface area contributed by atoms with Crippen LogP contribution in [0.25, 0.3) is 0 Å². The third kappa shape index (κ3) is 8.30. The molecule has 2 heterocycles. The van der Waals surface area contributed by atoms with Crippen LogP contribution >= 0.6 is 24.0 Å². The fourth-order valence-electron chi connectivity index (χ4n) is 4.17. The van der Waals surface area contributed by atoms with Crippen molar-refractivity contribution in [1.82, 2.24) is 20.4 Å². The van der Waals surface area contributed by atoms with Crippen LogP contribution in [0.2, 0.25) is 0 Å². The highest BCUT2D eigenvalue weighted by Gasteiger charge is 2.21. The van der Waals surface area contributed by atoms with E-state index in [1.54, 1.807) is 0 Å². The first-order valence-electron chi connectivity index (χ1n) is 10.5. The molecule has 0 aromatic carbocycles. The molecule has 26 heavy (non-hydrogen) atoms. The first-order chi connectivity index (χ1) is 12.1. The van der Waals surface area contributed by atoms with Crippen molar-refractivity contribution in [3.8, 4) is 0 Å². The predicted molar refractivity (Wildman–Crippen MR) is 124 cm³/mol. The quantitative estimate of drug-likeness (QED) is 0.255. The first-order valence-corrected chi connectivity index (χ1v) is 10.5. The molecule has 2 fully saturated rings. The highest BCUT2D eigenvalue weighted by molar-refractivity contribution is 14.0. The summed E-state index contributed by atoms with van der Waals surface area (Å²) >= 11 is 0. The molecule has 2 unspecified atom stereocenters. The van der Waals surface area contributed by atoms with Gasteiger partial charge < -0.3 is 20.4 Å². The molecule has 154 valence electrons. The SMILES string of the molecule is CN=C(NCCCN1CCCCC1C)NCC1CCCN(C(C)C)C1.I. The molecule has 2 rings (SSSR count). The summed E-state index contributed by atoms with van der Waals surface area (Å²) in [6, 6.07) is 1.43. The summed E-state index contributed by atoms with van der Waals surface area (Å²) in [6.07, 6.45) is 7.99. The van der Waals surface area contributed by atoms with Gasteiger partial charge >= 0.3 is 0 Å². The zero-order valence-electron chi connectivity index (χ0n) is 17.5. The molecule has 2 N–H and O–H groups in total. The molecule has 5 nitrogen and oxygen atoms in total. The molecule has 0 bridgehead atoms. The normalized spacial score (nSPS) is 25.8. The lowest BCUT2D eigenvalue weighted by Crippen LogP contribution is -2.46. The Bertz CT molecular complexity index is 402. The van der Waals surface area contributed by atoms with E-state index in [2.05, 4.69) is 46.2 Å². The lowest BCUT2D eigenvalue weighted by atomic mass is 9.97.